The summed E-state index contributed by atoms with van der Waals surface area (Å²) in [7, 11) is 0. The van der Waals surface area contributed by atoms with Gasteiger partial charge in [-0.2, -0.15) is 0 Å². The number of benzene rings is 1. The van der Waals surface area contributed by atoms with E-state index in [-0.39, 0.29) is 11.9 Å². The third-order valence-electron chi connectivity index (χ3n) is 4.83. The number of carbonyl (C=O) groups excluding carboxylic acids is 1. The highest BCUT2D eigenvalue weighted by molar-refractivity contribution is 9.10. The third-order valence-corrected chi connectivity index (χ3v) is 6.23. The van der Waals surface area contributed by atoms with Crippen molar-refractivity contribution in [3.8, 4) is 0 Å². The van der Waals surface area contributed by atoms with E-state index in [9.17, 15) is 4.79 Å². The average Bonchev–Trinajstić information content (AvgIpc) is 3.10. The van der Waals surface area contributed by atoms with Gasteiger partial charge in [0.1, 0.15) is 32.7 Å². The molecule has 1 aliphatic heterocycles. The molecule has 2 heterocycles. The molecule has 0 spiro atoms. The SMILES string of the molecule is C[C@H](NC(=O)C[NH+]1CC[NH+](Cc2cccs2)CC1)c1ccc(Br)cc1. The van der Waals surface area contributed by atoms with Gasteiger partial charge in [-0.25, -0.2) is 0 Å². The molecule has 3 N–H and O–H groups in total. The number of hydrogen-bond acceptors (Lipinski definition) is 2. The molecule has 25 heavy (non-hydrogen) atoms. The first-order valence-electron chi connectivity index (χ1n) is 8.84. The average molecular weight is 424 g/mol. The van der Waals surface area contributed by atoms with Crippen molar-refractivity contribution in [2.45, 2.75) is 19.5 Å². The molecule has 1 atom stereocenters. The number of quaternary nitrogens is 2. The first kappa shape index (κ1) is 18.6. The van der Waals surface area contributed by atoms with Gasteiger partial charge >= 0.3 is 0 Å². The number of hydrogen-bond donors (Lipinski definition) is 3. The highest BCUT2D eigenvalue weighted by Crippen LogP contribution is 2.16. The molecule has 1 aromatic carbocycles. The Morgan fingerprint density at radius 1 is 1.16 bits per heavy atom. The fourth-order valence-corrected chi connectivity index (χ4v) is 4.37. The minimum Gasteiger partial charge on any atom is -0.345 e. The lowest BCUT2D eigenvalue weighted by Crippen LogP contribution is -3.28. The van der Waals surface area contributed by atoms with Gasteiger partial charge in [0.15, 0.2) is 6.54 Å². The number of carbonyl (C=O) groups is 1. The minimum atomic E-state index is 0.0470. The van der Waals surface area contributed by atoms with Crippen LogP contribution in [0.2, 0.25) is 0 Å². The Balaban J connectivity index is 1.40. The van der Waals surface area contributed by atoms with Crippen molar-refractivity contribution in [2.75, 3.05) is 32.7 Å². The van der Waals surface area contributed by atoms with Gasteiger partial charge in [0.05, 0.1) is 10.9 Å². The van der Waals surface area contributed by atoms with Crippen LogP contribution >= 0.6 is 27.3 Å². The highest BCUT2D eigenvalue weighted by Gasteiger charge is 2.25. The summed E-state index contributed by atoms with van der Waals surface area (Å²) in [6.07, 6.45) is 0. The summed E-state index contributed by atoms with van der Waals surface area (Å²) in [5.74, 6) is 0.145. The Hall–Kier alpha value is -1.21. The van der Waals surface area contributed by atoms with E-state index in [0.29, 0.717) is 6.54 Å². The smallest absolute Gasteiger partial charge is 0.275 e. The van der Waals surface area contributed by atoms with Gasteiger partial charge in [-0.1, -0.05) is 34.1 Å². The summed E-state index contributed by atoms with van der Waals surface area (Å²) < 4.78 is 1.06. The zero-order chi connectivity index (χ0) is 17.6. The zero-order valence-corrected chi connectivity index (χ0v) is 17.0. The molecule has 3 rings (SSSR count). The third kappa shape index (κ3) is 5.64. The number of rotatable bonds is 6. The van der Waals surface area contributed by atoms with Crippen molar-refractivity contribution >= 4 is 33.2 Å². The van der Waals surface area contributed by atoms with Gasteiger partial charge < -0.3 is 15.1 Å². The Morgan fingerprint density at radius 2 is 1.84 bits per heavy atom. The van der Waals surface area contributed by atoms with Gasteiger partial charge in [-0.05, 0) is 36.1 Å². The molecule has 0 saturated carbocycles. The van der Waals surface area contributed by atoms with E-state index in [1.165, 1.54) is 9.78 Å². The van der Waals surface area contributed by atoms with Crippen molar-refractivity contribution < 1.29 is 14.6 Å². The Bertz CT molecular complexity index is 666. The largest absolute Gasteiger partial charge is 0.345 e. The molecule has 1 amide bonds. The summed E-state index contributed by atoms with van der Waals surface area (Å²) in [5.41, 5.74) is 1.14. The second kappa shape index (κ2) is 8.94. The van der Waals surface area contributed by atoms with Crippen molar-refractivity contribution in [1.29, 1.82) is 0 Å². The molecule has 0 unspecified atom stereocenters. The second-order valence-electron chi connectivity index (χ2n) is 6.77. The Kier molecular flexibility index (Phi) is 6.64. The Morgan fingerprint density at radius 3 is 2.48 bits per heavy atom. The summed E-state index contributed by atoms with van der Waals surface area (Å²) >= 11 is 5.28. The van der Waals surface area contributed by atoms with Crippen molar-refractivity contribution in [2.24, 2.45) is 0 Å². The zero-order valence-electron chi connectivity index (χ0n) is 14.6. The molecule has 1 fully saturated rings. The summed E-state index contributed by atoms with van der Waals surface area (Å²) in [4.78, 5) is 16.8. The van der Waals surface area contributed by atoms with Crippen molar-refractivity contribution in [3.63, 3.8) is 0 Å². The molecular weight excluding hydrogens is 398 g/mol. The van der Waals surface area contributed by atoms with Gasteiger partial charge in [0.25, 0.3) is 5.91 Å². The predicted octanol–water partition coefficient (Wildman–Crippen LogP) is 0.671. The van der Waals surface area contributed by atoms with Crippen LogP contribution in [-0.4, -0.2) is 38.6 Å². The van der Waals surface area contributed by atoms with Crippen LogP contribution in [0.25, 0.3) is 0 Å². The molecule has 134 valence electrons. The topological polar surface area (TPSA) is 38.0 Å². The summed E-state index contributed by atoms with van der Waals surface area (Å²) in [5, 5.41) is 5.28. The van der Waals surface area contributed by atoms with Crippen LogP contribution in [0.15, 0.2) is 46.3 Å². The molecule has 0 bridgehead atoms. The first-order chi connectivity index (χ1) is 12.1. The number of nitrogens with one attached hydrogen (secondary N) is 3. The number of piperazine rings is 1. The maximum atomic E-state index is 12.4. The fourth-order valence-electron chi connectivity index (χ4n) is 3.32. The van der Waals surface area contributed by atoms with E-state index in [2.05, 4.69) is 50.9 Å². The van der Waals surface area contributed by atoms with Crippen molar-refractivity contribution in [1.82, 2.24) is 5.32 Å². The lowest BCUT2D eigenvalue weighted by Gasteiger charge is -2.29. The van der Waals surface area contributed by atoms with Gasteiger partial charge in [-0.3, -0.25) is 4.79 Å². The van der Waals surface area contributed by atoms with E-state index >= 15 is 0 Å². The van der Waals surface area contributed by atoms with E-state index in [1.54, 1.807) is 4.90 Å². The van der Waals surface area contributed by atoms with Gasteiger partial charge in [0.2, 0.25) is 0 Å². The van der Waals surface area contributed by atoms with Crippen LogP contribution in [0.3, 0.4) is 0 Å². The van der Waals surface area contributed by atoms with Crippen LogP contribution in [-0.2, 0) is 11.3 Å². The Labute approximate surface area is 162 Å². The number of halogens is 1. The van der Waals surface area contributed by atoms with E-state index in [4.69, 9.17) is 0 Å². The molecule has 0 radical (unpaired) electrons. The maximum Gasteiger partial charge on any atom is 0.275 e. The van der Waals surface area contributed by atoms with Crippen LogP contribution in [0.1, 0.15) is 23.4 Å². The molecule has 4 nitrogen and oxygen atoms in total. The van der Waals surface area contributed by atoms with Crippen LogP contribution in [0.5, 0.6) is 0 Å². The second-order valence-corrected chi connectivity index (χ2v) is 8.72. The molecule has 0 aliphatic carbocycles. The molecule has 6 heteroatoms. The summed E-state index contributed by atoms with van der Waals surface area (Å²) in [6, 6.07) is 12.5. The molecule has 1 aliphatic rings. The molecular formula is C19H26BrN3OS+2. The van der Waals surface area contributed by atoms with Crippen molar-refractivity contribution in [3.05, 3.63) is 56.7 Å². The first-order valence-corrected chi connectivity index (χ1v) is 10.5. The van der Waals surface area contributed by atoms with E-state index < -0.39 is 0 Å². The van der Waals surface area contributed by atoms with E-state index in [0.717, 1.165) is 42.8 Å². The number of thiophene rings is 1. The monoisotopic (exact) mass is 423 g/mol. The minimum absolute atomic E-state index is 0.0470. The number of amides is 1. The van der Waals surface area contributed by atoms with Gasteiger partial charge in [0, 0.05) is 4.47 Å². The lowest BCUT2D eigenvalue weighted by atomic mass is 10.1. The lowest BCUT2D eigenvalue weighted by molar-refractivity contribution is -1.01. The molecule has 2 aromatic rings. The predicted molar refractivity (Wildman–Crippen MR) is 105 cm³/mol. The van der Waals surface area contributed by atoms with Crippen LogP contribution in [0.4, 0.5) is 0 Å². The summed E-state index contributed by atoms with van der Waals surface area (Å²) in [6.45, 7) is 8.16. The normalized spacial score (nSPS) is 21.7. The fraction of sp³-hybridized carbons (Fsp3) is 0.421. The standard InChI is InChI=1S/C19H24BrN3OS/c1-15(16-4-6-17(20)7-5-16)21-19(24)14-23-10-8-22(9-11-23)13-18-3-2-12-25-18/h2-7,12,15H,8-11,13-14H2,1H3,(H,21,24)/p+2/t15-/m0/s1. The molecule has 1 aromatic heterocycles. The maximum absolute atomic E-state index is 12.4. The van der Waals surface area contributed by atoms with E-state index in [1.807, 2.05) is 30.4 Å². The van der Waals surface area contributed by atoms with Crippen LogP contribution < -0.4 is 15.1 Å². The van der Waals surface area contributed by atoms with Crippen LogP contribution in [0, 0.1) is 0 Å². The molecule has 1 saturated heterocycles. The quantitative estimate of drug-likeness (QED) is 0.627. The highest BCUT2D eigenvalue weighted by atomic mass is 79.9. The van der Waals surface area contributed by atoms with Gasteiger partial charge in [-0.15, -0.1) is 11.3 Å².